The number of urea groups is 1. The number of carboxylic acids is 1. The fourth-order valence-corrected chi connectivity index (χ4v) is 3.65. The molecule has 1 aliphatic rings. The van der Waals surface area contributed by atoms with Crippen molar-refractivity contribution >= 4 is 35.0 Å². The summed E-state index contributed by atoms with van der Waals surface area (Å²) in [5, 5.41) is 16.1. The molecule has 2 aromatic rings. The van der Waals surface area contributed by atoms with Crippen LogP contribution < -0.4 is 10.6 Å². The minimum absolute atomic E-state index is 0.353. The summed E-state index contributed by atoms with van der Waals surface area (Å²) in [6, 6.07) is 8.10. The molecule has 2 atom stereocenters. The number of hydrogen-bond donors (Lipinski definition) is 3. The highest BCUT2D eigenvalue weighted by molar-refractivity contribution is 7.13. The van der Waals surface area contributed by atoms with Gasteiger partial charge in [0, 0.05) is 24.2 Å². The Morgan fingerprint density at radius 2 is 2.03 bits per heavy atom. The minimum Gasteiger partial charge on any atom is -0.481 e. The van der Waals surface area contributed by atoms with Crippen LogP contribution in [0.3, 0.4) is 0 Å². The highest BCUT2D eigenvalue weighted by Gasteiger charge is 2.32. The monoisotopic (exact) mass is 413 g/mol. The molecular weight excluding hydrogens is 394 g/mol. The first-order valence-electron chi connectivity index (χ1n) is 8.76. The van der Waals surface area contributed by atoms with Crippen LogP contribution in [0.1, 0.15) is 18.0 Å². The van der Waals surface area contributed by atoms with E-state index >= 15 is 0 Å². The quantitative estimate of drug-likeness (QED) is 0.628. The molecular formula is C20H19N3O5S. The summed E-state index contributed by atoms with van der Waals surface area (Å²) < 4.78 is 0. The number of hydrogen-bond acceptors (Lipinski definition) is 5. The summed E-state index contributed by atoms with van der Waals surface area (Å²) in [6.45, 7) is 0. The molecule has 9 heteroatoms. The van der Waals surface area contributed by atoms with E-state index in [0.29, 0.717) is 5.56 Å². The van der Waals surface area contributed by atoms with Gasteiger partial charge in [-0.05, 0) is 28.6 Å². The van der Waals surface area contributed by atoms with Crippen LogP contribution in [0.15, 0.2) is 54.1 Å². The van der Waals surface area contributed by atoms with E-state index in [-0.39, 0.29) is 6.42 Å². The smallest absolute Gasteiger partial charge is 0.316 e. The average molecular weight is 413 g/mol. The molecule has 3 rings (SSSR count). The van der Waals surface area contributed by atoms with Crippen molar-refractivity contribution in [1.82, 2.24) is 15.5 Å². The van der Waals surface area contributed by atoms with Crippen LogP contribution in [0.5, 0.6) is 0 Å². The van der Waals surface area contributed by atoms with Crippen molar-refractivity contribution in [2.24, 2.45) is 0 Å². The van der Waals surface area contributed by atoms with Gasteiger partial charge < -0.3 is 20.6 Å². The van der Waals surface area contributed by atoms with Gasteiger partial charge in [-0.2, -0.15) is 0 Å². The van der Waals surface area contributed by atoms with Crippen LogP contribution in [-0.4, -0.2) is 46.8 Å². The van der Waals surface area contributed by atoms with Crippen molar-refractivity contribution in [3.05, 3.63) is 59.6 Å². The number of nitrogens with one attached hydrogen (secondary N) is 2. The van der Waals surface area contributed by atoms with E-state index in [1.54, 1.807) is 23.5 Å². The molecule has 0 radical (unpaired) electrons. The van der Waals surface area contributed by atoms with E-state index in [1.807, 2.05) is 29.6 Å². The van der Waals surface area contributed by atoms with Crippen molar-refractivity contribution in [3.8, 4) is 10.4 Å². The summed E-state index contributed by atoms with van der Waals surface area (Å²) >= 11 is 1.55. The molecule has 1 aromatic carbocycles. The number of benzene rings is 1. The van der Waals surface area contributed by atoms with Gasteiger partial charge in [-0.15, -0.1) is 11.3 Å². The maximum Gasteiger partial charge on any atom is 0.316 e. The van der Waals surface area contributed by atoms with Crippen LogP contribution in [0.2, 0.25) is 0 Å². The molecule has 1 aliphatic heterocycles. The summed E-state index contributed by atoms with van der Waals surface area (Å²) in [4.78, 5) is 50.0. The molecule has 3 N–H and O–H groups in total. The van der Waals surface area contributed by atoms with Crippen molar-refractivity contribution in [1.29, 1.82) is 0 Å². The fraction of sp³-hybridized carbons (Fsp3) is 0.200. The summed E-state index contributed by atoms with van der Waals surface area (Å²) in [7, 11) is 1.47. The van der Waals surface area contributed by atoms with Gasteiger partial charge in [-0.1, -0.05) is 24.3 Å². The van der Waals surface area contributed by atoms with Gasteiger partial charge in [0.1, 0.15) is 0 Å². The molecule has 0 spiro atoms. The Morgan fingerprint density at radius 3 is 2.72 bits per heavy atom. The second kappa shape index (κ2) is 8.70. The van der Waals surface area contributed by atoms with Crippen LogP contribution in [0, 0.1) is 0 Å². The average Bonchev–Trinajstić information content (AvgIpc) is 3.22. The topological polar surface area (TPSA) is 116 Å². The lowest BCUT2D eigenvalue weighted by Gasteiger charge is -2.25. The Kier molecular flexibility index (Phi) is 6.08. The van der Waals surface area contributed by atoms with Gasteiger partial charge in [-0.25, -0.2) is 4.79 Å². The SMILES string of the molecule is CN1C=CC(=O)C(NC(=O)NC(CC(=O)O)c2cccc(-c3cccs3)c2)C1=O. The molecule has 150 valence electrons. The molecule has 3 amide bonds. The zero-order valence-corrected chi connectivity index (χ0v) is 16.3. The molecule has 29 heavy (non-hydrogen) atoms. The van der Waals surface area contributed by atoms with Crippen LogP contribution >= 0.6 is 11.3 Å². The second-order valence-corrected chi connectivity index (χ2v) is 7.42. The number of nitrogens with zero attached hydrogens (tertiary/aromatic N) is 1. The number of ketones is 1. The zero-order valence-electron chi connectivity index (χ0n) is 15.5. The summed E-state index contributed by atoms with van der Waals surface area (Å²) in [6.07, 6.45) is 2.17. The maximum absolute atomic E-state index is 12.4. The predicted octanol–water partition coefficient (Wildman–Crippen LogP) is 2.15. The van der Waals surface area contributed by atoms with E-state index in [2.05, 4.69) is 10.6 Å². The standard InChI is InChI=1S/C20H19N3O5S/c1-23-8-7-15(24)18(19(23)27)22-20(28)21-14(11-17(25)26)12-4-2-5-13(10-12)16-6-3-9-29-16/h2-10,14,18H,11H2,1H3,(H,25,26)(H2,21,22,28). The first-order chi connectivity index (χ1) is 13.8. The predicted molar refractivity (Wildman–Crippen MR) is 107 cm³/mol. The Balaban J connectivity index is 1.77. The number of amides is 3. The molecule has 0 bridgehead atoms. The van der Waals surface area contributed by atoms with Gasteiger partial charge in [0.2, 0.25) is 0 Å². The Hall–Kier alpha value is -3.46. The number of aliphatic carboxylic acids is 1. The molecule has 0 aliphatic carbocycles. The number of thiophene rings is 1. The summed E-state index contributed by atoms with van der Waals surface area (Å²) in [5.74, 6) is -2.20. The van der Waals surface area contributed by atoms with Crippen LogP contribution in [0.25, 0.3) is 10.4 Å². The number of carboxylic acid groups (broad SMARTS) is 1. The van der Waals surface area contributed by atoms with Gasteiger partial charge in [0.15, 0.2) is 11.8 Å². The number of likely N-dealkylation sites (N-methyl/N-ethyl adjacent to an activating group) is 1. The highest BCUT2D eigenvalue weighted by Crippen LogP contribution is 2.28. The van der Waals surface area contributed by atoms with E-state index in [1.165, 1.54) is 24.2 Å². The first kappa shape index (κ1) is 20.3. The van der Waals surface area contributed by atoms with Crippen molar-refractivity contribution < 1.29 is 24.3 Å². The lowest BCUT2D eigenvalue weighted by atomic mass is 10.0. The molecule has 2 heterocycles. The van der Waals surface area contributed by atoms with E-state index in [9.17, 15) is 24.3 Å². The summed E-state index contributed by atoms with van der Waals surface area (Å²) in [5.41, 5.74) is 1.51. The molecule has 0 saturated heterocycles. The van der Waals surface area contributed by atoms with E-state index in [4.69, 9.17) is 0 Å². The zero-order chi connectivity index (χ0) is 21.0. The first-order valence-corrected chi connectivity index (χ1v) is 9.64. The molecule has 0 fully saturated rings. The van der Waals surface area contributed by atoms with Crippen molar-refractivity contribution in [3.63, 3.8) is 0 Å². The van der Waals surface area contributed by atoms with Crippen molar-refractivity contribution in [2.45, 2.75) is 18.5 Å². The van der Waals surface area contributed by atoms with Gasteiger partial charge in [-0.3, -0.25) is 14.4 Å². The van der Waals surface area contributed by atoms with Crippen molar-refractivity contribution in [2.75, 3.05) is 7.05 Å². The third kappa shape index (κ3) is 4.88. The Labute approximate surface area is 170 Å². The van der Waals surface area contributed by atoms with E-state index < -0.39 is 35.8 Å². The number of rotatable bonds is 6. The van der Waals surface area contributed by atoms with Crippen LogP contribution in [-0.2, 0) is 14.4 Å². The largest absolute Gasteiger partial charge is 0.481 e. The Bertz CT molecular complexity index is 970. The lowest BCUT2D eigenvalue weighted by molar-refractivity contribution is -0.138. The second-order valence-electron chi connectivity index (χ2n) is 6.47. The van der Waals surface area contributed by atoms with E-state index in [0.717, 1.165) is 10.4 Å². The highest BCUT2D eigenvalue weighted by atomic mass is 32.1. The molecule has 1 aromatic heterocycles. The third-order valence-corrected chi connectivity index (χ3v) is 5.31. The maximum atomic E-state index is 12.4. The molecule has 2 unspecified atom stereocenters. The Morgan fingerprint density at radius 1 is 1.24 bits per heavy atom. The molecule has 0 saturated carbocycles. The molecule has 8 nitrogen and oxygen atoms in total. The lowest BCUT2D eigenvalue weighted by Crippen LogP contribution is -2.55. The third-order valence-electron chi connectivity index (χ3n) is 4.40. The van der Waals surface area contributed by atoms with Gasteiger partial charge in [0.25, 0.3) is 5.91 Å². The van der Waals surface area contributed by atoms with Crippen LogP contribution in [0.4, 0.5) is 4.79 Å². The fourth-order valence-electron chi connectivity index (χ4n) is 2.92. The minimum atomic E-state index is -1.34. The normalized spacial score (nSPS) is 17.1. The van der Waals surface area contributed by atoms with Gasteiger partial charge in [0.05, 0.1) is 12.5 Å². The number of carbonyl (C=O) groups excluding carboxylic acids is 3. The number of carbonyl (C=O) groups is 4. The van der Waals surface area contributed by atoms with Gasteiger partial charge >= 0.3 is 12.0 Å².